The molecule has 1 aliphatic rings. The summed E-state index contributed by atoms with van der Waals surface area (Å²) in [5, 5.41) is 7.49. The molecule has 0 aliphatic carbocycles. The topological polar surface area (TPSA) is 78.2 Å². The second-order valence-corrected chi connectivity index (χ2v) is 4.42. The van der Waals surface area contributed by atoms with Gasteiger partial charge in [0.05, 0.1) is 0 Å². The van der Waals surface area contributed by atoms with Crippen molar-refractivity contribution in [1.82, 2.24) is 5.32 Å². The molecule has 0 saturated carbocycles. The Labute approximate surface area is 92.3 Å². The van der Waals surface area contributed by atoms with Crippen LogP contribution in [0.2, 0.25) is 0 Å². The van der Waals surface area contributed by atoms with Crippen LogP contribution in [0.5, 0.6) is 0 Å². The molecular formula is C10H15N2O2S-. The predicted octanol–water partition coefficient (Wildman–Crippen LogP) is 0.764. The lowest BCUT2D eigenvalue weighted by Crippen LogP contribution is -2.28. The molecule has 1 atom stereocenters. The van der Waals surface area contributed by atoms with Gasteiger partial charge in [0.2, 0.25) is 0 Å². The van der Waals surface area contributed by atoms with Gasteiger partial charge in [-0.15, -0.1) is 0 Å². The van der Waals surface area contributed by atoms with Crippen LogP contribution in [-0.2, 0) is 23.4 Å². The first-order valence-corrected chi connectivity index (χ1v) is 5.74. The average molecular weight is 227 g/mol. The van der Waals surface area contributed by atoms with Crippen LogP contribution >= 0.6 is 0 Å². The maximum Gasteiger partial charge on any atom is 0.0383 e. The van der Waals surface area contributed by atoms with E-state index in [1.165, 1.54) is 11.1 Å². The predicted molar refractivity (Wildman–Crippen MR) is 59.4 cm³/mol. The molecule has 0 bridgehead atoms. The molecule has 1 unspecified atom stereocenters. The minimum atomic E-state index is -2.36. The van der Waals surface area contributed by atoms with Crippen LogP contribution in [-0.4, -0.2) is 8.76 Å². The molecule has 0 radical (unpaired) electrons. The zero-order valence-corrected chi connectivity index (χ0v) is 9.64. The van der Waals surface area contributed by atoms with E-state index < -0.39 is 11.3 Å². The van der Waals surface area contributed by atoms with Gasteiger partial charge >= 0.3 is 0 Å². The van der Waals surface area contributed by atoms with E-state index in [2.05, 4.69) is 48.6 Å². The molecule has 1 aromatic rings. The Morgan fingerprint density at radius 1 is 1.47 bits per heavy atom. The first kappa shape index (κ1) is 12.3. The zero-order valence-electron chi connectivity index (χ0n) is 8.82. The second-order valence-electron chi connectivity index (χ2n) is 3.90. The fourth-order valence-electron chi connectivity index (χ4n) is 1.70. The second kappa shape index (κ2) is 4.85. The Balaban J connectivity index is 0.000000245. The number of benzene rings is 1. The fourth-order valence-corrected chi connectivity index (χ4v) is 1.70. The lowest BCUT2D eigenvalue weighted by Gasteiger charge is -2.19. The molecule has 0 fully saturated rings. The van der Waals surface area contributed by atoms with Crippen molar-refractivity contribution in [3.8, 4) is 0 Å². The number of rotatable bonds is 0. The number of hydrogen-bond acceptors (Lipinski definition) is 3. The van der Waals surface area contributed by atoms with Crippen LogP contribution in [0.1, 0.15) is 25.0 Å². The lowest BCUT2D eigenvalue weighted by molar-refractivity contribution is 0.442. The Morgan fingerprint density at radius 2 is 2.00 bits per heavy atom. The molecule has 5 heteroatoms. The molecule has 0 saturated heterocycles. The van der Waals surface area contributed by atoms with Gasteiger partial charge in [-0.25, -0.2) is 0 Å². The van der Waals surface area contributed by atoms with Crippen molar-refractivity contribution in [2.24, 2.45) is 5.14 Å². The van der Waals surface area contributed by atoms with E-state index in [9.17, 15) is 0 Å². The maximum absolute atomic E-state index is 8.78. The summed E-state index contributed by atoms with van der Waals surface area (Å²) < 4.78 is 17.6. The SMILES string of the molecule is CC1(C)NCc2ccccc21.NS(=O)[O-]. The summed E-state index contributed by atoms with van der Waals surface area (Å²) in [6, 6.07) is 8.60. The molecule has 15 heavy (non-hydrogen) atoms. The number of fused-ring (bicyclic) bond motifs is 1. The van der Waals surface area contributed by atoms with Gasteiger partial charge in [0.25, 0.3) is 0 Å². The third-order valence-corrected chi connectivity index (χ3v) is 2.41. The van der Waals surface area contributed by atoms with E-state index in [0.29, 0.717) is 0 Å². The first-order chi connectivity index (χ1) is 6.93. The van der Waals surface area contributed by atoms with Gasteiger partial charge < -0.3 is 9.87 Å². The average Bonchev–Trinajstić information content (AvgIpc) is 2.43. The summed E-state index contributed by atoms with van der Waals surface area (Å²) in [6.07, 6.45) is 0. The third kappa shape index (κ3) is 3.39. The molecule has 84 valence electrons. The van der Waals surface area contributed by atoms with E-state index in [0.717, 1.165) is 6.54 Å². The Bertz CT molecular complexity index is 362. The van der Waals surface area contributed by atoms with Crippen molar-refractivity contribution < 1.29 is 8.76 Å². The summed E-state index contributed by atoms with van der Waals surface area (Å²) >= 11 is -2.36. The first-order valence-electron chi connectivity index (χ1n) is 4.60. The van der Waals surface area contributed by atoms with Gasteiger partial charge in [-0.2, -0.15) is 0 Å². The minimum absolute atomic E-state index is 0.177. The van der Waals surface area contributed by atoms with Crippen LogP contribution in [0, 0.1) is 0 Å². The van der Waals surface area contributed by atoms with Gasteiger partial charge in [-0.1, -0.05) is 24.3 Å². The molecule has 1 aromatic carbocycles. The normalized spacial score (nSPS) is 18.7. The number of hydrogen-bond donors (Lipinski definition) is 2. The van der Waals surface area contributed by atoms with Gasteiger partial charge in [0, 0.05) is 23.4 Å². The maximum atomic E-state index is 8.78. The third-order valence-electron chi connectivity index (χ3n) is 2.41. The van der Waals surface area contributed by atoms with E-state index in [-0.39, 0.29) is 5.54 Å². The summed E-state index contributed by atoms with van der Waals surface area (Å²) in [5.41, 5.74) is 3.06. The van der Waals surface area contributed by atoms with Crippen LogP contribution in [0.4, 0.5) is 0 Å². The van der Waals surface area contributed by atoms with Gasteiger partial charge in [0.15, 0.2) is 0 Å². The lowest BCUT2D eigenvalue weighted by atomic mass is 9.95. The highest BCUT2D eigenvalue weighted by atomic mass is 32.2. The van der Waals surface area contributed by atoms with Crippen molar-refractivity contribution >= 4 is 11.3 Å². The monoisotopic (exact) mass is 227 g/mol. The van der Waals surface area contributed by atoms with Crippen LogP contribution in [0.3, 0.4) is 0 Å². The van der Waals surface area contributed by atoms with Crippen LogP contribution in [0.25, 0.3) is 0 Å². The van der Waals surface area contributed by atoms with E-state index in [1.807, 2.05) is 0 Å². The van der Waals surface area contributed by atoms with Crippen molar-refractivity contribution in [3.63, 3.8) is 0 Å². The summed E-state index contributed by atoms with van der Waals surface area (Å²) in [7, 11) is 0. The van der Waals surface area contributed by atoms with Crippen molar-refractivity contribution in [2.75, 3.05) is 0 Å². The standard InChI is InChI=1S/C10H13N.H3NO2S/c1-10(2)9-6-4-3-5-8(9)7-11-10;1-4(2)3/h3-6,11H,7H2,1-2H3;1H2,(H,2,3)/p-1. The molecule has 1 heterocycles. The number of nitrogens with two attached hydrogens (primary N) is 1. The molecule has 0 aromatic heterocycles. The van der Waals surface area contributed by atoms with E-state index in [1.54, 1.807) is 0 Å². The number of nitrogens with one attached hydrogen (secondary N) is 1. The van der Waals surface area contributed by atoms with Gasteiger partial charge in [0.1, 0.15) is 0 Å². The molecule has 2 rings (SSSR count). The Morgan fingerprint density at radius 3 is 2.53 bits per heavy atom. The minimum Gasteiger partial charge on any atom is -0.760 e. The zero-order chi connectivity index (χ0) is 11.5. The summed E-state index contributed by atoms with van der Waals surface area (Å²) in [4.78, 5) is 0. The quantitative estimate of drug-likeness (QED) is 0.642. The molecule has 3 N–H and O–H groups in total. The largest absolute Gasteiger partial charge is 0.760 e. The van der Waals surface area contributed by atoms with Crippen molar-refractivity contribution in [3.05, 3.63) is 35.4 Å². The molecule has 1 aliphatic heterocycles. The summed E-state index contributed by atoms with van der Waals surface area (Å²) in [5.74, 6) is 0. The van der Waals surface area contributed by atoms with Crippen molar-refractivity contribution in [1.29, 1.82) is 0 Å². The molecule has 0 amide bonds. The molecule has 4 nitrogen and oxygen atoms in total. The highest BCUT2D eigenvalue weighted by Gasteiger charge is 2.27. The van der Waals surface area contributed by atoms with E-state index in [4.69, 9.17) is 8.76 Å². The summed E-state index contributed by atoms with van der Waals surface area (Å²) in [6.45, 7) is 5.46. The highest BCUT2D eigenvalue weighted by molar-refractivity contribution is 7.76. The van der Waals surface area contributed by atoms with Gasteiger partial charge in [-0.05, 0) is 25.0 Å². The van der Waals surface area contributed by atoms with E-state index >= 15 is 0 Å². The van der Waals surface area contributed by atoms with Crippen LogP contribution < -0.4 is 10.5 Å². The van der Waals surface area contributed by atoms with Crippen LogP contribution in [0.15, 0.2) is 24.3 Å². The fraction of sp³-hybridized carbons (Fsp3) is 0.400. The van der Waals surface area contributed by atoms with Crippen molar-refractivity contribution in [2.45, 2.75) is 25.9 Å². The molecule has 0 spiro atoms. The Hall–Kier alpha value is -0.750. The van der Waals surface area contributed by atoms with Gasteiger partial charge in [-0.3, -0.25) is 9.35 Å². The highest BCUT2D eigenvalue weighted by Crippen LogP contribution is 2.29. The molecular weight excluding hydrogens is 212 g/mol. The Kier molecular flexibility index (Phi) is 3.98. The smallest absolute Gasteiger partial charge is 0.0383 e.